The Kier molecular flexibility index (Phi) is 3.73. The summed E-state index contributed by atoms with van der Waals surface area (Å²) in [5, 5.41) is 0. The monoisotopic (exact) mass is 226 g/mol. The van der Waals surface area contributed by atoms with Crippen LogP contribution in [0.25, 0.3) is 0 Å². The molecule has 0 N–H and O–H groups in total. The van der Waals surface area contributed by atoms with Crippen molar-refractivity contribution in [3.8, 4) is 0 Å². The fourth-order valence-electron chi connectivity index (χ4n) is 2.21. The lowest BCUT2D eigenvalue weighted by Crippen LogP contribution is -2.47. The Balaban J connectivity index is 3.11. The number of hydrogen-bond acceptors (Lipinski definition) is 4. The van der Waals surface area contributed by atoms with Crippen LogP contribution in [0.1, 0.15) is 20.3 Å². The summed E-state index contributed by atoms with van der Waals surface area (Å²) in [5.41, 5.74) is -0.837. The zero-order chi connectivity index (χ0) is 12.3. The van der Waals surface area contributed by atoms with Gasteiger partial charge in [0.25, 0.3) is 0 Å². The second kappa shape index (κ2) is 4.68. The van der Waals surface area contributed by atoms with Gasteiger partial charge < -0.3 is 9.47 Å². The predicted octanol–water partition coefficient (Wildman–Crippen LogP) is 1.55. The van der Waals surface area contributed by atoms with Crippen molar-refractivity contribution >= 4 is 11.9 Å². The first-order valence-electron chi connectivity index (χ1n) is 5.31. The van der Waals surface area contributed by atoms with Crippen LogP contribution in [0.2, 0.25) is 0 Å². The van der Waals surface area contributed by atoms with Crippen LogP contribution in [-0.2, 0) is 19.1 Å². The molecule has 0 fully saturated rings. The largest absolute Gasteiger partial charge is 0.469 e. The van der Waals surface area contributed by atoms with E-state index in [1.165, 1.54) is 14.2 Å². The lowest BCUT2D eigenvalue weighted by molar-refractivity contribution is -0.168. The summed E-state index contributed by atoms with van der Waals surface area (Å²) in [7, 11) is 2.68. The number of methoxy groups -OCH3 is 2. The summed E-state index contributed by atoms with van der Waals surface area (Å²) in [6.07, 6.45) is 4.37. The molecule has 0 aromatic heterocycles. The Labute approximate surface area is 95.6 Å². The van der Waals surface area contributed by atoms with Crippen LogP contribution < -0.4 is 0 Å². The first-order valence-corrected chi connectivity index (χ1v) is 5.31. The molecular weight excluding hydrogens is 208 g/mol. The van der Waals surface area contributed by atoms with Crippen molar-refractivity contribution in [1.29, 1.82) is 0 Å². The van der Waals surface area contributed by atoms with E-state index in [1.54, 1.807) is 6.92 Å². The van der Waals surface area contributed by atoms with Crippen LogP contribution >= 0.6 is 0 Å². The minimum Gasteiger partial charge on any atom is -0.469 e. The summed E-state index contributed by atoms with van der Waals surface area (Å²) in [6.45, 7) is 3.66. The van der Waals surface area contributed by atoms with E-state index in [0.717, 1.165) is 0 Å². The maximum absolute atomic E-state index is 11.9. The highest BCUT2D eigenvalue weighted by atomic mass is 16.5. The lowest BCUT2D eigenvalue weighted by atomic mass is 9.64. The van der Waals surface area contributed by atoms with Crippen molar-refractivity contribution in [2.24, 2.45) is 17.3 Å². The topological polar surface area (TPSA) is 52.6 Å². The molecular formula is C12H18O4. The zero-order valence-corrected chi connectivity index (χ0v) is 10.1. The van der Waals surface area contributed by atoms with Crippen molar-refractivity contribution in [3.63, 3.8) is 0 Å². The van der Waals surface area contributed by atoms with Crippen LogP contribution in [-0.4, -0.2) is 26.2 Å². The van der Waals surface area contributed by atoms with E-state index in [1.807, 2.05) is 19.1 Å². The van der Waals surface area contributed by atoms with Gasteiger partial charge in [-0.2, -0.15) is 0 Å². The minimum atomic E-state index is -0.837. The van der Waals surface area contributed by atoms with E-state index in [9.17, 15) is 9.59 Å². The average molecular weight is 226 g/mol. The third-order valence-corrected chi connectivity index (χ3v) is 3.58. The second-order valence-electron chi connectivity index (χ2n) is 4.30. The molecule has 4 heteroatoms. The van der Waals surface area contributed by atoms with Gasteiger partial charge in [0.05, 0.1) is 25.6 Å². The highest BCUT2D eigenvalue weighted by molar-refractivity contribution is 5.86. The molecule has 1 aliphatic carbocycles. The van der Waals surface area contributed by atoms with Crippen LogP contribution in [0.5, 0.6) is 0 Å². The van der Waals surface area contributed by atoms with Gasteiger partial charge in [-0.25, -0.2) is 0 Å². The van der Waals surface area contributed by atoms with Gasteiger partial charge in [0.1, 0.15) is 0 Å². The molecule has 0 amide bonds. The second-order valence-corrected chi connectivity index (χ2v) is 4.30. The smallest absolute Gasteiger partial charge is 0.312 e. The van der Waals surface area contributed by atoms with Gasteiger partial charge in [-0.3, -0.25) is 9.59 Å². The van der Waals surface area contributed by atoms with Crippen LogP contribution in [0, 0.1) is 17.3 Å². The fourth-order valence-corrected chi connectivity index (χ4v) is 2.21. The highest BCUT2D eigenvalue weighted by Crippen LogP contribution is 2.43. The zero-order valence-electron chi connectivity index (χ0n) is 10.1. The molecule has 0 spiro atoms. The quantitative estimate of drug-likeness (QED) is 0.529. The molecule has 90 valence electrons. The average Bonchev–Trinajstić information content (AvgIpc) is 2.30. The Morgan fingerprint density at radius 1 is 1.31 bits per heavy atom. The van der Waals surface area contributed by atoms with Gasteiger partial charge in [-0.15, -0.1) is 0 Å². The minimum absolute atomic E-state index is 0.0437. The third-order valence-electron chi connectivity index (χ3n) is 3.58. The number of carbonyl (C=O) groups is 2. The Hall–Kier alpha value is -1.32. The van der Waals surface area contributed by atoms with Crippen molar-refractivity contribution in [3.05, 3.63) is 12.2 Å². The predicted molar refractivity (Wildman–Crippen MR) is 58.6 cm³/mol. The molecule has 4 nitrogen and oxygen atoms in total. The standard InChI is InChI=1S/C12H18O4/c1-8-6-5-7-9(10(13)15-3)12(8,2)11(14)16-4/h5-6,8-9H,7H2,1-4H3/t8-,9-,12-/m1/s1. The highest BCUT2D eigenvalue weighted by Gasteiger charge is 2.50. The van der Waals surface area contributed by atoms with Gasteiger partial charge in [0.2, 0.25) is 0 Å². The molecule has 1 aliphatic rings. The third kappa shape index (κ3) is 1.84. The summed E-state index contributed by atoms with van der Waals surface area (Å²) < 4.78 is 9.55. The molecule has 0 saturated heterocycles. The molecule has 0 bridgehead atoms. The lowest BCUT2D eigenvalue weighted by Gasteiger charge is -2.39. The number of rotatable bonds is 2. The molecule has 0 aliphatic heterocycles. The van der Waals surface area contributed by atoms with E-state index >= 15 is 0 Å². The van der Waals surface area contributed by atoms with Gasteiger partial charge in [-0.1, -0.05) is 19.1 Å². The summed E-state index contributed by atoms with van der Waals surface area (Å²) in [4.78, 5) is 23.6. The van der Waals surface area contributed by atoms with E-state index in [0.29, 0.717) is 6.42 Å². The molecule has 0 unspecified atom stereocenters. The van der Waals surface area contributed by atoms with E-state index in [4.69, 9.17) is 9.47 Å². The van der Waals surface area contributed by atoms with Crippen LogP contribution in [0.4, 0.5) is 0 Å². The molecule has 0 heterocycles. The van der Waals surface area contributed by atoms with Crippen molar-refractivity contribution in [1.82, 2.24) is 0 Å². The number of hydrogen-bond donors (Lipinski definition) is 0. The maximum atomic E-state index is 11.9. The number of esters is 2. The summed E-state index contributed by atoms with van der Waals surface area (Å²) in [5.74, 6) is -1.23. The van der Waals surface area contributed by atoms with Crippen molar-refractivity contribution < 1.29 is 19.1 Å². The number of ether oxygens (including phenoxy) is 2. The Morgan fingerprint density at radius 2 is 1.94 bits per heavy atom. The Bertz CT molecular complexity index is 321. The summed E-state index contributed by atoms with van der Waals surface area (Å²) in [6, 6.07) is 0. The maximum Gasteiger partial charge on any atom is 0.312 e. The van der Waals surface area contributed by atoms with Crippen LogP contribution in [0.3, 0.4) is 0 Å². The van der Waals surface area contributed by atoms with E-state index < -0.39 is 11.3 Å². The van der Waals surface area contributed by atoms with Gasteiger partial charge in [0, 0.05) is 0 Å². The molecule has 0 radical (unpaired) electrons. The normalized spacial score (nSPS) is 33.2. The van der Waals surface area contributed by atoms with E-state index in [-0.39, 0.29) is 17.9 Å². The van der Waals surface area contributed by atoms with Gasteiger partial charge in [-0.05, 0) is 19.3 Å². The molecule has 0 aromatic rings. The molecule has 0 aromatic carbocycles. The molecule has 16 heavy (non-hydrogen) atoms. The Morgan fingerprint density at radius 3 is 2.44 bits per heavy atom. The summed E-state index contributed by atoms with van der Waals surface area (Å²) >= 11 is 0. The first-order chi connectivity index (χ1) is 7.48. The van der Waals surface area contributed by atoms with Crippen LogP contribution in [0.15, 0.2) is 12.2 Å². The van der Waals surface area contributed by atoms with Crippen molar-refractivity contribution in [2.75, 3.05) is 14.2 Å². The molecule has 3 atom stereocenters. The first kappa shape index (κ1) is 12.7. The van der Waals surface area contributed by atoms with Crippen molar-refractivity contribution in [2.45, 2.75) is 20.3 Å². The number of allylic oxidation sites excluding steroid dienone is 2. The van der Waals surface area contributed by atoms with Gasteiger partial charge in [0.15, 0.2) is 0 Å². The molecule has 0 saturated carbocycles. The van der Waals surface area contributed by atoms with Gasteiger partial charge >= 0.3 is 11.9 Å². The fraction of sp³-hybridized carbons (Fsp3) is 0.667. The van der Waals surface area contributed by atoms with E-state index in [2.05, 4.69) is 0 Å². The SMILES string of the molecule is COC(=O)[C@H]1CC=C[C@@H](C)[C@@]1(C)C(=O)OC. The molecule has 1 rings (SSSR count). The number of carbonyl (C=O) groups excluding carboxylic acids is 2.